The van der Waals surface area contributed by atoms with Crippen molar-refractivity contribution in [1.29, 1.82) is 0 Å². The fourth-order valence-electron chi connectivity index (χ4n) is 3.00. The standard InChI is InChI=1S/C19H23F3N4O5/c1-17(2,3)30-16(27)26-8-7-12(18(4,28)10-26)29-13-6-5-11(9-23-13)14-24-15(31-25-14)19(20,21)22/h5-6,9,12,28H,7-8,10H2,1-4H3/t12-,18-/m0/s1. The Kier molecular flexibility index (Phi) is 5.87. The molecular formula is C19H23F3N4O5. The first kappa shape index (κ1) is 22.8. The number of piperidine rings is 1. The molecule has 1 amide bonds. The van der Waals surface area contributed by atoms with E-state index in [1.54, 1.807) is 27.7 Å². The van der Waals surface area contributed by atoms with Crippen molar-refractivity contribution in [2.75, 3.05) is 13.1 Å². The number of halogens is 3. The zero-order valence-electron chi connectivity index (χ0n) is 17.4. The average molecular weight is 444 g/mol. The van der Waals surface area contributed by atoms with Gasteiger partial charge in [-0.3, -0.25) is 0 Å². The first-order valence-corrected chi connectivity index (χ1v) is 9.49. The Labute approximate surface area is 176 Å². The van der Waals surface area contributed by atoms with Crippen LogP contribution in [0.25, 0.3) is 11.4 Å². The van der Waals surface area contributed by atoms with Crippen LogP contribution in [0.2, 0.25) is 0 Å². The van der Waals surface area contributed by atoms with E-state index in [1.165, 1.54) is 23.2 Å². The Morgan fingerprint density at radius 2 is 2.03 bits per heavy atom. The molecule has 0 saturated carbocycles. The molecule has 0 spiro atoms. The minimum Gasteiger partial charge on any atom is -0.471 e. The molecule has 3 heterocycles. The summed E-state index contributed by atoms with van der Waals surface area (Å²) >= 11 is 0. The lowest BCUT2D eigenvalue weighted by molar-refractivity contribution is -0.159. The predicted octanol–water partition coefficient (Wildman–Crippen LogP) is 3.29. The average Bonchev–Trinajstić information content (AvgIpc) is 3.13. The number of alkyl halides is 3. The summed E-state index contributed by atoms with van der Waals surface area (Å²) in [6.45, 7) is 7.14. The van der Waals surface area contributed by atoms with E-state index in [1.807, 2.05) is 0 Å². The molecule has 0 aromatic carbocycles. The maximum Gasteiger partial charge on any atom is 0.471 e. The smallest absolute Gasteiger partial charge is 0.471 e. The van der Waals surface area contributed by atoms with Gasteiger partial charge in [0.15, 0.2) is 0 Å². The Morgan fingerprint density at radius 1 is 1.32 bits per heavy atom. The molecule has 31 heavy (non-hydrogen) atoms. The van der Waals surface area contributed by atoms with E-state index < -0.39 is 35.5 Å². The molecule has 1 N–H and O–H groups in total. The molecule has 0 bridgehead atoms. The minimum absolute atomic E-state index is 0.00768. The highest BCUT2D eigenvalue weighted by atomic mass is 19.4. The van der Waals surface area contributed by atoms with Gasteiger partial charge in [-0.15, -0.1) is 0 Å². The highest BCUT2D eigenvalue weighted by molar-refractivity contribution is 5.68. The zero-order valence-corrected chi connectivity index (χ0v) is 17.4. The Morgan fingerprint density at radius 3 is 2.55 bits per heavy atom. The van der Waals surface area contributed by atoms with Gasteiger partial charge in [-0.1, -0.05) is 5.16 Å². The summed E-state index contributed by atoms with van der Waals surface area (Å²) in [5, 5.41) is 14.1. The summed E-state index contributed by atoms with van der Waals surface area (Å²) in [6.07, 6.45) is -4.35. The van der Waals surface area contributed by atoms with Crippen LogP contribution in [0, 0.1) is 0 Å². The SMILES string of the molecule is CC(C)(C)OC(=O)N1CC[C@H](Oc2ccc(-c3noc(C(F)(F)F)n3)cn2)[C@@](C)(O)C1. The molecule has 9 nitrogen and oxygen atoms in total. The third-order valence-corrected chi connectivity index (χ3v) is 4.44. The van der Waals surface area contributed by atoms with Gasteiger partial charge in [0.2, 0.25) is 11.7 Å². The summed E-state index contributed by atoms with van der Waals surface area (Å²) in [6, 6.07) is 2.85. The number of hydrogen-bond donors (Lipinski definition) is 1. The monoisotopic (exact) mass is 444 g/mol. The molecule has 170 valence electrons. The molecule has 1 fully saturated rings. The first-order valence-electron chi connectivity index (χ1n) is 9.49. The Balaban J connectivity index is 1.64. The number of β-amino-alcohol motifs (C(OH)–C–C–N with tert-alkyl or cyclic N) is 1. The van der Waals surface area contributed by atoms with E-state index in [2.05, 4.69) is 19.6 Å². The molecular weight excluding hydrogens is 421 g/mol. The highest BCUT2D eigenvalue weighted by Crippen LogP contribution is 2.30. The van der Waals surface area contributed by atoms with Crippen LogP contribution in [-0.4, -0.2) is 61.6 Å². The van der Waals surface area contributed by atoms with Gasteiger partial charge in [-0.05, 0) is 33.8 Å². The molecule has 3 rings (SSSR count). The van der Waals surface area contributed by atoms with E-state index >= 15 is 0 Å². The second-order valence-electron chi connectivity index (χ2n) is 8.46. The summed E-state index contributed by atoms with van der Waals surface area (Å²) < 4.78 is 53.1. The number of pyridine rings is 1. The van der Waals surface area contributed by atoms with Crippen molar-refractivity contribution >= 4 is 6.09 Å². The number of aromatic nitrogens is 3. The van der Waals surface area contributed by atoms with Crippen molar-refractivity contribution < 1.29 is 37.1 Å². The third-order valence-electron chi connectivity index (χ3n) is 4.44. The molecule has 2 aromatic heterocycles. The normalized spacial score (nSPS) is 22.3. The number of likely N-dealkylation sites (tertiary alicyclic amines) is 1. The van der Waals surface area contributed by atoms with Gasteiger partial charge in [0.1, 0.15) is 17.3 Å². The summed E-state index contributed by atoms with van der Waals surface area (Å²) in [5.74, 6) is -1.56. The van der Waals surface area contributed by atoms with Gasteiger partial charge >= 0.3 is 18.2 Å². The largest absolute Gasteiger partial charge is 0.471 e. The summed E-state index contributed by atoms with van der Waals surface area (Å²) in [5.41, 5.74) is -1.81. The molecule has 0 aliphatic carbocycles. The maximum absolute atomic E-state index is 12.6. The van der Waals surface area contributed by atoms with Crippen molar-refractivity contribution in [3.63, 3.8) is 0 Å². The van der Waals surface area contributed by atoms with Gasteiger partial charge in [0.05, 0.1) is 6.54 Å². The van der Waals surface area contributed by atoms with Crippen LogP contribution in [-0.2, 0) is 10.9 Å². The van der Waals surface area contributed by atoms with Crippen molar-refractivity contribution in [1.82, 2.24) is 20.0 Å². The van der Waals surface area contributed by atoms with Crippen LogP contribution < -0.4 is 4.74 Å². The molecule has 1 saturated heterocycles. The fraction of sp³-hybridized carbons (Fsp3) is 0.579. The highest BCUT2D eigenvalue weighted by Gasteiger charge is 2.42. The van der Waals surface area contributed by atoms with Gasteiger partial charge in [-0.25, -0.2) is 9.78 Å². The predicted molar refractivity (Wildman–Crippen MR) is 100.0 cm³/mol. The molecule has 0 unspecified atom stereocenters. The van der Waals surface area contributed by atoms with Crippen LogP contribution in [0.3, 0.4) is 0 Å². The van der Waals surface area contributed by atoms with Gasteiger partial charge in [0, 0.05) is 30.8 Å². The maximum atomic E-state index is 12.6. The number of carbonyl (C=O) groups excluding carboxylic acids is 1. The molecule has 1 aliphatic rings. The first-order chi connectivity index (χ1) is 14.2. The number of aliphatic hydroxyl groups is 1. The number of nitrogens with zero attached hydrogens (tertiary/aromatic N) is 4. The second-order valence-corrected chi connectivity index (χ2v) is 8.46. The quantitative estimate of drug-likeness (QED) is 0.768. The lowest BCUT2D eigenvalue weighted by Gasteiger charge is -2.42. The van der Waals surface area contributed by atoms with Crippen LogP contribution in [0.15, 0.2) is 22.9 Å². The molecule has 0 radical (unpaired) electrons. The number of carbonyl (C=O) groups is 1. The lowest BCUT2D eigenvalue weighted by Crippen LogP contribution is -2.59. The van der Waals surface area contributed by atoms with Gasteiger partial charge in [-0.2, -0.15) is 18.2 Å². The van der Waals surface area contributed by atoms with Crippen LogP contribution in [0.1, 0.15) is 40.0 Å². The Bertz CT molecular complexity index is 922. The molecule has 12 heteroatoms. The molecule has 2 atom stereocenters. The van der Waals surface area contributed by atoms with E-state index in [-0.39, 0.29) is 23.8 Å². The molecule has 1 aliphatic heterocycles. The van der Waals surface area contributed by atoms with Crippen molar-refractivity contribution in [3.8, 4) is 17.3 Å². The van der Waals surface area contributed by atoms with E-state index in [9.17, 15) is 23.1 Å². The van der Waals surface area contributed by atoms with Crippen molar-refractivity contribution in [3.05, 3.63) is 24.2 Å². The van der Waals surface area contributed by atoms with Crippen LogP contribution >= 0.6 is 0 Å². The minimum atomic E-state index is -4.73. The summed E-state index contributed by atoms with van der Waals surface area (Å²) in [7, 11) is 0. The van der Waals surface area contributed by atoms with Gasteiger partial charge in [0.25, 0.3) is 0 Å². The van der Waals surface area contributed by atoms with E-state index in [0.29, 0.717) is 13.0 Å². The van der Waals surface area contributed by atoms with E-state index in [0.717, 1.165) is 0 Å². The van der Waals surface area contributed by atoms with Crippen LogP contribution in [0.4, 0.5) is 18.0 Å². The zero-order chi connectivity index (χ0) is 23.0. The Hall–Kier alpha value is -2.89. The number of amides is 1. The lowest BCUT2D eigenvalue weighted by atomic mass is 9.91. The van der Waals surface area contributed by atoms with Crippen molar-refractivity contribution in [2.24, 2.45) is 0 Å². The number of rotatable bonds is 3. The topological polar surface area (TPSA) is 111 Å². The molecule has 2 aromatic rings. The third kappa shape index (κ3) is 5.63. The second kappa shape index (κ2) is 7.98. The van der Waals surface area contributed by atoms with Gasteiger partial charge < -0.3 is 24.0 Å². The van der Waals surface area contributed by atoms with Crippen LogP contribution in [0.5, 0.6) is 5.88 Å². The van der Waals surface area contributed by atoms with E-state index in [4.69, 9.17) is 9.47 Å². The number of ether oxygens (including phenoxy) is 2. The van der Waals surface area contributed by atoms with Crippen molar-refractivity contribution in [2.45, 2.75) is 57.6 Å². The fourth-order valence-corrected chi connectivity index (χ4v) is 3.00. The summed E-state index contributed by atoms with van der Waals surface area (Å²) in [4.78, 5) is 21.0. The number of hydrogen-bond acceptors (Lipinski definition) is 8.